The number of aliphatic hydroxyl groups is 1. The van der Waals surface area contributed by atoms with E-state index in [0.29, 0.717) is 24.8 Å². The van der Waals surface area contributed by atoms with Crippen LogP contribution < -0.4 is 5.32 Å². The van der Waals surface area contributed by atoms with Crippen LogP contribution in [0.3, 0.4) is 0 Å². The number of rotatable bonds is 4. The minimum Gasteiger partial charge on any atom is -0.388 e. The number of carbonyl (C=O) groups excluding carboxylic acids is 1. The first-order valence-corrected chi connectivity index (χ1v) is 7.61. The zero-order valence-electron chi connectivity index (χ0n) is 13.3. The van der Waals surface area contributed by atoms with E-state index in [1.807, 2.05) is 0 Å². The summed E-state index contributed by atoms with van der Waals surface area (Å²) in [6, 6.07) is 0. The second-order valence-electron chi connectivity index (χ2n) is 7.67. The van der Waals surface area contributed by atoms with E-state index >= 15 is 0 Å². The topological polar surface area (TPSA) is 49.3 Å². The summed E-state index contributed by atoms with van der Waals surface area (Å²) in [5.74, 6) is 0.964. The van der Waals surface area contributed by atoms with E-state index in [4.69, 9.17) is 0 Å². The van der Waals surface area contributed by atoms with Crippen LogP contribution in [-0.4, -0.2) is 23.2 Å². The maximum atomic E-state index is 11.9. The molecule has 0 bridgehead atoms. The third kappa shape index (κ3) is 5.52. The third-order valence-corrected chi connectivity index (χ3v) is 4.65. The van der Waals surface area contributed by atoms with Gasteiger partial charge >= 0.3 is 0 Å². The number of carbonyl (C=O) groups is 1. The van der Waals surface area contributed by atoms with Crippen LogP contribution in [0.15, 0.2) is 0 Å². The first-order valence-electron chi connectivity index (χ1n) is 7.61. The van der Waals surface area contributed by atoms with Crippen LogP contribution in [0.5, 0.6) is 0 Å². The largest absolute Gasteiger partial charge is 0.388 e. The van der Waals surface area contributed by atoms with Crippen molar-refractivity contribution in [3.05, 3.63) is 0 Å². The van der Waals surface area contributed by atoms with E-state index in [0.717, 1.165) is 19.3 Å². The van der Waals surface area contributed by atoms with Gasteiger partial charge in [-0.25, -0.2) is 0 Å². The van der Waals surface area contributed by atoms with Crippen LogP contribution in [-0.2, 0) is 4.79 Å². The van der Waals surface area contributed by atoms with Crippen molar-refractivity contribution in [1.82, 2.24) is 5.32 Å². The Morgan fingerprint density at radius 1 is 1.47 bits per heavy atom. The fraction of sp³-hybridized carbons (Fsp3) is 0.938. The van der Waals surface area contributed by atoms with Gasteiger partial charge in [0.05, 0.1) is 5.60 Å². The minimum absolute atomic E-state index is 0.0640. The van der Waals surface area contributed by atoms with Gasteiger partial charge in [-0.3, -0.25) is 4.79 Å². The maximum Gasteiger partial charge on any atom is 0.220 e. The van der Waals surface area contributed by atoms with Crippen molar-refractivity contribution in [3.8, 4) is 0 Å². The normalized spacial score (nSPS) is 29.9. The van der Waals surface area contributed by atoms with Gasteiger partial charge in [-0.05, 0) is 30.1 Å². The van der Waals surface area contributed by atoms with E-state index in [2.05, 4.69) is 39.9 Å². The summed E-state index contributed by atoms with van der Waals surface area (Å²) in [6.07, 6.45) is 4.41. The SMILES string of the molecule is CC1CCCC(O)(CNC(=O)CC(C)C(C)(C)C)C1. The highest BCUT2D eigenvalue weighted by Gasteiger charge is 2.33. The Hall–Kier alpha value is -0.570. The summed E-state index contributed by atoms with van der Waals surface area (Å²) in [7, 11) is 0. The Labute approximate surface area is 118 Å². The molecular formula is C16H31NO2. The summed E-state index contributed by atoms with van der Waals surface area (Å²) < 4.78 is 0. The molecule has 19 heavy (non-hydrogen) atoms. The molecule has 112 valence electrons. The smallest absolute Gasteiger partial charge is 0.220 e. The van der Waals surface area contributed by atoms with Gasteiger partial charge in [-0.1, -0.05) is 47.5 Å². The fourth-order valence-electron chi connectivity index (χ4n) is 2.71. The molecule has 0 aromatic heterocycles. The molecule has 0 aromatic rings. The Balaban J connectivity index is 2.37. The number of hydrogen-bond acceptors (Lipinski definition) is 2. The standard InChI is InChI=1S/C16H31NO2/c1-12-7-6-8-16(19,10-12)11-17-14(18)9-13(2)15(3,4)5/h12-13,19H,6-11H2,1-5H3,(H,17,18). The molecule has 3 unspecified atom stereocenters. The first kappa shape index (κ1) is 16.5. The molecule has 1 amide bonds. The van der Waals surface area contributed by atoms with Gasteiger partial charge in [0, 0.05) is 13.0 Å². The Morgan fingerprint density at radius 3 is 2.63 bits per heavy atom. The van der Waals surface area contributed by atoms with Gasteiger partial charge in [-0.2, -0.15) is 0 Å². The molecule has 3 heteroatoms. The summed E-state index contributed by atoms with van der Waals surface area (Å²) in [5.41, 5.74) is -0.536. The molecule has 0 spiro atoms. The molecule has 2 N–H and O–H groups in total. The van der Waals surface area contributed by atoms with Crippen LogP contribution in [0.1, 0.15) is 66.7 Å². The molecule has 1 aliphatic rings. The third-order valence-electron chi connectivity index (χ3n) is 4.65. The molecule has 1 rings (SSSR count). The van der Waals surface area contributed by atoms with Crippen molar-refractivity contribution >= 4 is 5.91 Å². The summed E-state index contributed by atoms with van der Waals surface area (Å²) in [5, 5.41) is 13.4. The quantitative estimate of drug-likeness (QED) is 0.824. The van der Waals surface area contributed by atoms with E-state index in [1.54, 1.807) is 0 Å². The van der Waals surface area contributed by atoms with E-state index < -0.39 is 5.60 Å². The minimum atomic E-state index is -0.682. The van der Waals surface area contributed by atoms with Crippen molar-refractivity contribution in [2.75, 3.05) is 6.54 Å². The van der Waals surface area contributed by atoms with Gasteiger partial charge in [0.1, 0.15) is 0 Å². The highest BCUT2D eigenvalue weighted by molar-refractivity contribution is 5.76. The lowest BCUT2D eigenvalue weighted by Gasteiger charge is -2.36. The van der Waals surface area contributed by atoms with Gasteiger partial charge < -0.3 is 10.4 Å². The average molecular weight is 269 g/mol. The fourth-order valence-corrected chi connectivity index (χ4v) is 2.71. The molecule has 0 radical (unpaired) electrons. The second kappa shape index (κ2) is 6.25. The zero-order chi connectivity index (χ0) is 14.7. The lowest BCUT2D eigenvalue weighted by atomic mass is 9.78. The van der Waals surface area contributed by atoms with Gasteiger partial charge in [0.25, 0.3) is 0 Å². The van der Waals surface area contributed by atoms with Gasteiger partial charge in [0.2, 0.25) is 5.91 Å². The number of nitrogens with one attached hydrogen (secondary N) is 1. The molecule has 3 atom stereocenters. The van der Waals surface area contributed by atoms with Gasteiger partial charge in [-0.15, -0.1) is 0 Å². The molecule has 0 heterocycles. The Bertz CT molecular complexity index is 308. The summed E-state index contributed by atoms with van der Waals surface area (Å²) in [4.78, 5) is 11.9. The van der Waals surface area contributed by atoms with Crippen LogP contribution in [0.2, 0.25) is 0 Å². The molecule has 0 aliphatic heterocycles. The van der Waals surface area contributed by atoms with Crippen molar-refractivity contribution < 1.29 is 9.90 Å². The lowest BCUT2D eigenvalue weighted by Crippen LogP contribution is -2.46. The summed E-state index contributed by atoms with van der Waals surface area (Å²) >= 11 is 0. The van der Waals surface area contributed by atoms with Crippen LogP contribution >= 0.6 is 0 Å². The highest BCUT2D eigenvalue weighted by Crippen LogP contribution is 2.32. The lowest BCUT2D eigenvalue weighted by molar-refractivity contribution is -0.124. The second-order valence-corrected chi connectivity index (χ2v) is 7.67. The molecule has 0 aromatic carbocycles. The maximum absolute atomic E-state index is 11.9. The van der Waals surface area contributed by atoms with E-state index in [-0.39, 0.29) is 11.3 Å². The number of amides is 1. The first-order chi connectivity index (χ1) is 8.62. The van der Waals surface area contributed by atoms with E-state index in [9.17, 15) is 9.90 Å². The van der Waals surface area contributed by atoms with Crippen LogP contribution in [0, 0.1) is 17.3 Å². The predicted octanol–water partition coefficient (Wildman–Crippen LogP) is 3.12. The van der Waals surface area contributed by atoms with E-state index in [1.165, 1.54) is 6.42 Å². The Kier molecular flexibility index (Phi) is 5.43. The molecule has 3 nitrogen and oxygen atoms in total. The molecule has 1 saturated carbocycles. The zero-order valence-corrected chi connectivity index (χ0v) is 13.3. The van der Waals surface area contributed by atoms with Crippen LogP contribution in [0.25, 0.3) is 0 Å². The predicted molar refractivity (Wildman–Crippen MR) is 78.8 cm³/mol. The van der Waals surface area contributed by atoms with Crippen molar-refractivity contribution in [2.24, 2.45) is 17.3 Å². The average Bonchev–Trinajstić information content (AvgIpc) is 2.25. The van der Waals surface area contributed by atoms with Crippen molar-refractivity contribution in [3.63, 3.8) is 0 Å². The number of hydrogen-bond donors (Lipinski definition) is 2. The molecule has 1 aliphatic carbocycles. The summed E-state index contributed by atoms with van der Waals surface area (Å²) in [6.45, 7) is 11.2. The Morgan fingerprint density at radius 2 is 2.11 bits per heavy atom. The molecule has 1 fully saturated rings. The monoisotopic (exact) mass is 269 g/mol. The van der Waals surface area contributed by atoms with Gasteiger partial charge in [0.15, 0.2) is 0 Å². The molecule has 0 saturated heterocycles. The molecular weight excluding hydrogens is 238 g/mol. The van der Waals surface area contributed by atoms with Crippen LogP contribution in [0.4, 0.5) is 0 Å². The highest BCUT2D eigenvalue weighted by atomic mass is 16.3. The van der Waals surface area contributed by atoms with Crippen molar-refractivity contribution in [2.45, 2.75) is 72.3 Å². The van der Waals surface area contributed by atoms with Crippen molar-refractivity contribution in [1.29, 1.82) is 0 Å².